The topological polar surface area (TPSA) is 37.3 Å². The molecule has 0 amide bonds. The molecule has 0 aromatic carbocycles. The van der Waals surface area contributed by atoms with Gasteiger partial charge in [-0.1, -0.05) is 26.0 Å². The summed E-state index contributed by atoms with van der Waals surface area (Å²) in [6, 6.07) is 0. The van der Waals surface area contributed by atoms with E-state index in [4.69, 9.17) is 0 Å². The molecule has 0 saturated carbocycles. The summed E-state index contributed by atoms with van der Waals surface area (Å²) in [7, 11) is 0. The van der Waals surface area contributed by atoms with Crippen LogP contribution in [0.15, 0.2) is 23.8 Å². The Morgan fingerprint density at radius 2 is 2.29 bits per heavy atom. The molecule has 0 aliphatic heterocycles. The fraction of sp³-hybridized carbons (Fsp3) is 0.583. The van der Waals surface area contributed by atoms with Gasteiger partial charge in [0.2, 0.25) is 0 Å². The third-order valence-electron chi connectivity index (χ3n) is 2.65. The molecule has 1 N–H and O–H groups in total. The summed E-state index contributed by atoms with van der Waals surface area (Å²) in [4.78, 5) is 11.7. The Kier molecular flexibility index (Phi) is 3.27. The third kappa shape index (κ3) is 2.32. The Hall–Kier alpha value is -0.890. The van der Waals surface area contributed by atoms with E-state index in [0.29, 0.717) is 12.8 Å². The number of rotatable bonds is 2. The molecule has 1 rings (SSSR count). The van der Waals surface area contributed by atoms with Crippen LogP contribution >= 0.6 is 0 Å². The lowest BCUT2D eigenvalue weighted by Gasteiger charge is -2.33. The van der Waals surface area contributed by atoms with Crippen LogP contribution < -0.4 is 0 Å². The Balaban J connectivity index is 2.92. The van der Waals surface area contributed by atoms with Gasteiger partial charge in [0.05, 0.1) is 6.10 Å². The van der Waals surface area contributed by atoms with Gasteiger partial charge in [-0.25, -0.2) is 0 Å². The van der Waals surface area contributed by atoms with E-state index in [1.807, 2.05) is 26.8 Å². The zero-order chi connectivity index (χ0) is 10.8. The van der Waals surface area contributed by atoms with Gasteiger partial charge in [0, 0.05) is 5.57 Å². The molecule has 14 heavy (non-hydrogen) atoms. The molecule has 2 heteroatoms. The van der Waals surface area contributed by atoms with Crippen LogP contribution in [0.5, 0.6) is 0 Å². The molecular weight excluding hydrogens is 176 g/mol. The van der Waals surface area contributed by atoms with Gasteiger partial charge in [0.15, 0.2) is 5.78 Å². The van der Waals surface area contributed by atoms with Crippen molar-refractivity contribution in [2.45, 2.75) is 39.7 Å². The van der Waals surface area contributed by atoms with E-state index in [1.165, 1.54) is 0 Å². The maximum Gasteiger partial charge on any atom is 0.181 e. The number of ketones is 1. The molecule has 0 aromatic rings. The van der Waals surface area contributed by atoms with Crippen molar-refractivity contribution < 1.29 is 9.90 Å². The van der Waals surface area contributed by atoms with Gasteiger partial charge in [-0.2, -0.15) is 0 Å². The summed E-state index contributed by atoms with van der Waals surface area (Å²) in [5.41, 5.74) is 0.634. The predicted octanol–water partition coefficient (Wildman–Crippen LogP) is 2.24. The van der Waals surface area contributed by atoms with Gasteiger partial charge in [-0.15, -0.1) is 0 Å². The van der Waals surface area contributed by atoms with Crippen LogP contribution in [0.25, 0.3) is 0 Å². The average molecular weight is 194 g/mol. The monoisotopic (exact) mass is 194 g/mol. The first-order valence-electron chi connectivity index (χ1n) is 5.03. The van der Waals surface area contributed by atoms with Gasteiger partial charge in [-0.3, -0.25) is 4.79 Å². The van der Waals surface area contributed by atoms with E-state index in [2.05, 4.69) is 0 Å². The Bertz CT molecular complexity index is 285. The Morgan fingerprint density at radius 3 is 2.79 bits per heavy atom. The normalized spacial score (nSPS) is 26.3. The Morgan fingerprint density at radius 1 is 1.64 bits per heavy atom. The second-order valence-corrected chi connectivity index (χ2v) is 4.46. The van der Waals surface area contributed by atoms with Crippen molar-refractivity contribution in [2.24, 2.45) is 5.41 Å². The van der Waals surface area contributed by atoms with E-state index < -0.39 is 0 Å². The molecule has 1 unspecified atom stereocenters. The molecule has 78 valence electrons. The number of aliphatic hydroxyl groups excluding tert-OH is 1. The van der Waals surface area contributed by atoms with E-state index in [1.54, 1.807) is 12.2 Å². The third-order valence-corrected chi connectivity index (χ3v) is 2.65. The van der Waals surface area contributed by atoms with Gasteiger partial charge in [-0.05, 0) is 31.3 Å². The zero-order valence-corrected chi connectivity index (χ0v) is 9.08. The molecule has 0 fully saturated rings. The molecule has 0 radical (unpaired) electrons. The van der Waals surface area contributed by atoms with Crippen LogP contribution in [0.2, 0.25) is 0 Å². The van der Waals surface area contributed by atoms with Crippen LogP contribution in [-0.2, 0) is 4.79 Å². The highest BCUT2D eigenvalue weighted by molar-refractivity contribution is 6.04. The summed E-state index contributed by atoms with van der Waals surface area (Å²) < 4.78 is 0. The van der Waals surface area contributed by atoms with Crippen LogP contribution in [0, 0.1) is 5.41 Å². The highest BCUT2D eigenvalue weighted by atomic mass is 16.3. The number of carbonyl (C=O) groups is 1. The fourth-order valence-electron chi connectivity index (χ4n) is 1.99. The summed E-state index contributed by atoms with van der Waals surface area (Å²) in [6.07, 6.45) is 6.18. The average Bonchev–Trinajstić information content (AvgIpc) is 2.01. The quantitative estimate of drug-likeness (QED) is 0.684. The zero-order valence-electron chi connectivity index (χ0n) is 9.08. The summed E-state index contributed by atoms with van der Waals surface area (Å²) in [5.74, 6) is 0.0735. The highest BCUT2D eigenvalue weighted by Gasteiger charge is 2.32. The Labute approximate surface area is 85.3 Å². The molecular formula is C12H18O2. The minimum Gasteiger partial charge on any atom is -0.393 e. The van der Waals surface area contributed by atoms with Gasteiger partial charge in [0.25, 0.3) is 0 Å². The first kappa shape index (κ1) is 11.2. The molecule has 0 heterocycles. The lowest BCUT2D eigenvalue weighted by molar-refractivity contribution is -0.112. The van der Waals surface area contributed by atoms with Crippen molar-refractivity contribution in [3.8, 4) is 0 Å². The number of hydrogen-bond acceptors (Lipinski definition) is 2. The minimum absolute atomic E-state index is 0.0735. The highest BCUT2D eigenvalue weighted by Crippen LogP contribution is 2.37. The largest absolute Gasteiger partial charge is 0.393 e. The van der Waals surface area contributed by atoms with Crippen LogP contribution in [0.1, 0.15) is 33.6 Å². The SMILES string of the molecule is C/C=C/C(=O)C1=CCC(O)CC1(C)C. The molecule has 1 aliphatic carbocycles. The van der Waals surface area contributed by atoms with Crippen molar-refractivity contribution in [3.05, 3.63) is 23.8 Å². The molecule has 0 aromatic heterocycles. The van der Waals surface area contributed by atoms with Crippen molar-refractivity contribution >= 4 is 5.78 Å². The second kappa shape index (κ2) is 4.09. The van der Waals surface area contributed by atoms with Crippen LogP contribution in [0.4, 0.5) is 0 Å². The lowest BCUT2D eigenvalue weighted by Crippen LogP contribution is -2.29. The van der Waals surface area contributed by atoms with E-state index in [0.717, 1.165) is 5.57 Å². The number of carbonyl (C=O) groups excluding carboxylic acids is 1. The van der Waals surface area contributed by atoms with Gasteiger partial charge in [0.1, 0.15) is 0 Å². The summed E-state index contributed by atoms with van der Waals surface area (Å²) in [6.45, 7) is 5.84. The van der Waals surface area contributed by atoms with E-state index >= 15 is 0 Å². The molecule has 0 bridgehead atoms. The first-order chi connectivity index (χ1) is 6.47. The molecule has 2 nitrogen and oxygen atoms in total. The molecule has 0 saturated heterocycles. The van der Waals surface area contributed by atoms with E-state index in [9.17, 15) is 9.90 Å². The van der Waals surface area contributed by atoms with Gasteiger partial charge >= 0.3 is 0 Å². The molecule has 0 spiro atoms. The maximum absolute atomic E-state index is 11.7. The van der Waals surface area contributed by atoms with Crippen LogP contribution in [0.3, 0.4) is 0 Å². The predicted molar refractivity (Wildman–Crippen MR) is 56.9 cm³/mol. The summed E-state index contributed by atoms with van der Waals surface area (Å²) >= 11 is 0. The van der Waals surface area contributed by atoms with E-state index in [-0.39, 0.29) is 17.3 Å². The van der Waals surface area contributed by atoms with Gasteiger partial charge < -0.3 is 5.11 Å². The number of allylic oxidation sites excluding steroid dienone is 3. The van der Waals surface area contributed by atoms with Crippen molar-refractivity contribution in [1.82, 2.24) is 0 Å². The van der Waals surface area contributed by atoms with Crippen LogP contribution in [-0.4, -0.2) is 17.0 Å². The number of hydrogen-bond donors (Lipinski definition) is 1. The fourth-order valence-corrected chi connectivity index (χ4v) is 1.99. The maximum atomic E-state index is 11.7. The summed E-state index contributed by atoms with van der Waals surface area (Å²) in [5, 5.41) is 9.50. The number of aliphatic hydroxyl groups is 1. The lowest BCUT2D eigenvalue weighted by atomic mass is 9.73. The van der Waals surface area contributed by atoms with Crippen molar-refractivity contribution in [3.63, 3.8) is 0 Å². The standard InChI is InChI=1S/C12H18O2/c1-4-5-11(14)10-7-6-9(13)8-12(10,2)3/h4-5,7,9,13H,6,8H2,1-3H3/b5-4+. The first-order valence-corrected chi connectivity index (χ1v) is 5.03. The van der Waals surface area contributed by atoms with Crippen molar-refractivity contribution in [1.29, 1.82) is 0 Å². The van der Waals surface area contributed by atoms with Crippen molar-refractivity contribution in [2.75, 3.05) is 0 Å². The second-order valence-electron chi connectivity index (χ2n) is 4.46. The minimum atomic E-state index is -0.299. The molecule has 1 aliphatic rings. The molecule has 1 atom stereocenters. The smallest absolute Gasteiger partial charge is 0.181 e.